The number of hydrogen-bond acceptors (Lipinski definition) is 2. The van der Waals surface area contributed by atoms with Gasteiger partial charge < -0.3 is 10.8 Å². The fourth-order valence-electron chi connectivity index (χ4n) is 3.41. The predicted molar refractivity (Wildman–Crippen MR) is 48.6 cm³/mol. The van der Waals surface area contributed by atoms with E-state index in [4.69, 9.17) is 5.73 Å². The zero-order valence-corrected chi connectivity index (χ0v) is 8.17. The van der Waals surface area contributed by atoms with E-state index < -0.39 is 0 Å². The zero-order chi connectivity index (χ0) is 9.15. The first kappa shape index (κ1) is 8.52. The lowest BCUT2D eigenvalue weighted by molar-refractivity contribution is 0.00582. The van der Waals surface area contributed by atoms with Crippen LogP contribution in [0.15, 0.2) is 0 Å². The molecule has 0 aromatic carbocycles. The van der Waals surface area contributed by atoms with Gasteiger partial charge in [-0.15, -0.1) is 0 Å². The first-order valence-corrected chi connectivity index (χ1v) is 4.85. The SMILES string of the molecule is CC1(C)[C@@H]2CC[C@]1(C)[C@H](O)[C@@H]2N. The molecule has 70 valence electrons. The molecule has 2 fully saturated rings. The summed E-state index contributed by atoms with van der Waals surface area (Å²) in [6.07, 6.45) is 2.05. The van der Waals surface area contributed by atoms with Crippen molar-refractivity contribution in [2.24, 2.45) is 22.5 Å². The highest BCUT2D eigenvalue weighted by Crippen LogP contribution is 2.64. The molecule has 0 amide bonds. The number of nitrogens with two attached hydrogens (primary N) is 1. The van der Waals surface area contributed by atoms with Gasteiger partial charge in [-0.2, -0.15) is 0 Å². The summed E-state index contributed by atoms with van der Waals surface area (Å²) in [7, 11) is 0. The van der Waals surface area contributed by atoms with Crippen molar-refractivity contribution in [1.82, 2.24) is 0 Å². The molecule has 2 aliphatic rings. The minimum Gasteiger partial charge on any atom is -0.391 e. The summed E-state index contributed by atoms with van der Waals surface area (Å²) in [5.41, 5.74) is 6.27. The Kier molecular flexibility index (Phi) is 1.45. The van der Waals surface area contributed by atoms with E-state index in [9.17, 15) is 5.11 Å². The molecule has 2 aliphatic carbocycles. The third kappa shape index (κ3) is 0.647. The van der Waals surface area contributed by atoms with Crippen LogP contribution in [0.3, 0.4) is 0 Å². The van der Waals surface area contributed by atoms with E-state index in [-0.39, 0.29) is 23.0 Å². The highest BCUT2D eigenvalue weighted by molar-refractivity contribution is 5.16. The summed E-state index contributed by atoms with van der Waals surface area (Å²) in [6, 6.07) is 0.0127. The fourth-order valence-corrected chi connectivity index (χ4v) is 3.41. The molecular weight excluding hydrogens is 150 g/mol. The van der Waals surface area contributed by atoms with Gasteiger partial charge in [0.1, 0.15) is 0 Å². The van der Waals surface area contributed by atoms with Gasteiger partial charge in [-0.1, -0.05) is 20.8 Å². The average Bonchev–Trinajstić information content (AvgIpc) is 2.26. The molecule has 2 nitrogen and oxygen atoms in total. The summed E-state index contributed by atoms with van der Waals surface area (Å²) in [4.78, 5) is 0. The Bertz CT molecular complexity index is 214. The van der Waals surface area contributed by atoms with Crippen molar-refractivity contribution in [3.63, 3.8) is 0 Å². The maximum Gasteiger partial charge on any atom is 0.0752 e. The molecule has 0 saturated heterocycles. The zero-order valence-electron chi connectivity index (χ0n) is 8.17. The Labute approximate surface area is 74.1 Å². The quantitative estimate of drug-likeness (QED) is 0.571. The van der Waals surface area contributed by atoms with Crippen LogP contribution in [-0.2, 0) is 0 Å². The van der Waals surface area contributed by atoms with Crippen LogP contribution in [0.1, 0.15) is 33.6 Å². The summed E-state index contributed by atoms with van der Waals surface area (Å²) in [6.45, 7) is 6.69. The number of rotatable bonds is 0. The summed E-state index contributed by atoms with van der Waals surface area (Å²) in [5, 5.41) is 9.96. The Morgan fingerprint density at radius 3 is 2.17 bits per heavy atom. The average molecular weight is 169 g/mol. The Morgan fingerprint density at radius 2 is 1.92 bits per heavy atom. The van der Waals surface area contributed by atoms with Gasteiger partial charge in [0.15, 0.2) is 0 Å². The highest BCUT2D eigenvalue weighted by atomic mass is 16.3. The van der Waals surface area contributed by atoms with Crippen molar-refractivity contribution in [2.75, 3.05) is 0 Å². The second kappa shape index (κ2) is 2.05. The first-order valence-electron chi connectivity index (χ1n) is 4.85. The van der Waals surface area contributed by atoms with Gasteiger partial charge in [0.05, 0.1) is 6.10 Å². The summed E-state index contributed by atoms with van der Waals surface area (Å²) >= 11 is 0. The van der Waals surface area contributed by atoms with Gasteiger partial charge in [0, 0.05) is 11.5 Å². The second-order valence-corrected chi connectivity index (χ2v) is 5.31. The lowest BCUT2D eigenvalue weighted by Crippen LogP contribution is -2.43. The van der Waals surface area contributed by atoms with Crippen LogP contribution in [0, 0.1) is 16.7 Å². The smallest absolute Gasteiger partial charge is 0.0752 e. The van der Waals surface area contributed by atoms with Crippen molar-refractivity contribution in [1.29, 1.82) is 0 Å². The monoisotopic (exact) mass is 169 g/mol. The van der Waals surface area contributed by atoms with Crippen molar-refractivity contribution < 1.29 is 5.11 Å². The lowest BCUT2D eigenvalue weighted by atomic mass is 9.70. The van der Waals surface area contributed by atoms with Gasteiger partial charge in [-0.05, 0) is 24.2 Å². The number of hydrogen-bond donors (Lipinski definition) is 2. The molecule has 0 unspecified atom stereocenters. The van der Waals surface area contributed by atoms with E-state index >= 15 is 0 Å². The standard InChI is InChI=1S/C10H19NO/c1-9(2)6-4-5-10(9,3)8(12)7(6)11/h6-8,12H,4-5,11H2,1-3H3/t6-,7-,8-,10-/m1/s1. The van der Waals surface area contributed by atoms with Crippen molar-refractivity contribution >= 4 is 0 Å². The van der Waals surface area contributed by atoms with Crippen LogP contribution < -0.4 is 5.73 Å². The number of aliphatic hydroxyl groups is 1. The number of aliphatic hydroxyl groups excluding tert-OH is 1. The largest absolute Gasteiger partial charge is 0.391 e. The minimum absolute atomic E-state index is 0.0127. The maximum atomic E-state index is 9.96. The molecule has 0 aliphatic heterocycles. The van der Waals surface area contributed by atoms with Crippen LogP contribution in [-0.4, -0.2) is 17.3 Å². The maximum absolute atomic E-state index is 9.96. The van der Waals surface area contributed by atoms with Gasteiger partial charge in [0.25, 0.3) is 0 Å². The molecule has 2 rings (SSSR count). The lowest BCUT2D eigenvalue weighted by Gasteiger charge is -2.36. The normalized spacial score (nSPS) is 56.2. The second-order valence-electron chi connectivity index (χ2n) is 5.31. The summed E-state index contributed by atoms with van der Waals surface area (Å²) in [5.74, 6) is 0.525. The fraction of sp³-hybridized carbons (Fsp3) is 1.00. The molecular formula is C10H19NO. The molecule has 2 heteroatoms. The van der Waals surface area contributed by atoms with E-state index in [1.54, 1.807) is 0 Å². The Balaban J connectivity index is 2.44. The third-order valence-electron chi connectivity index (χ3n) is 4.86. The molecule has 3 N–H and O–H groups in total. The molecule has 0 radical (unpaired) electrons. The Morgan fingerprint density at radius 1 is 1.33 bits per heavy atom. The van der Waals surface area contributed by atoms with Gasteiger partial charge in [0.2, 0.25) is 0 Å². The van der Waals surface area contributed by atoms with Crippen LogP contribution in [0.2, 0.25) is 0 Å². The molecule has 0 heterocycles. The van der Waals surface area contributed by atoms with E-state index in [0.717, 1.165) is 6.42 Å². The van der Waals surface area contributed by atoms with E-state index in [1.807, 2.05) is 0 Å². The topological polar surface area (TPSA) is 46.2 Å². The molecule has 2 saturated carbocycles. The first-order chi connectivity index (χ1) is 5.41. The molecule has 0 aromatic heterocycles. The van der Waals surface area contributed by atoms with E-state index in [1.165, 1.54) is 6.42 Å². The highest BCUT2D eigenvalue weighted by Gasteiger charge is 2.64. The van der Waals surface area contributed by atoms with Crippen LogP contribution in [0.4, 0.5) is 0 Å². The third-order valence-corrected chi connectivity index (χ3v) is 4.86. The minimum atomic E-state index is -0.286. The van der Waals surface area contributed by atoms with Gasteiger partial charge in [-0.3, -0.25) is 0 Å². The van der Waals surface area contributed by atoms with Gasteiger partial charge >= 0.3 is 0 Å². The van der Waals surface area contributed by atoms with Crippen LogP contribution in [0.25, 0.3) is 0 Å². The van der Waals surface area contributed by atoms with E-state index in [0.29, 0.717) is 5.92 Å². The Hall–Kier alpha value is -0.0800. The molecule has 0 aromatic rings. The predicted octanol–water partition coefficient (Wildman–Crippen LogP) is 1.13. The van der Waals surface area contributed by atoms with Crippen LogP contribution in [0.5, 0.6) is 0 Å². The summed E-state index contributed by atoms with van der Waals surface area (Å²) < 4.78 is 0. The molecule has 2 bridgehead atoms. The van der Waals surface area contributed by atoms with E-state index in [2.05, 4.69) is 20.8 Å². The molecule has 0 spiro atoms. The van der Waals surface area contributed by atoms with Gasteiger partial charge in [-0.25, -0.2) is 0 Å². The molecule has 12 heavy (non-hydrogen) atoms. The van der Waals surface area contributed by atoms with Crippen molar-refractivity contribution in [3.8, 4) is 0 Å². The van der Waals surface area contributed by atoms with Crippen molar-refractivity contribution in [3.05, 3.63) is 0 Å². The molecule has 4 atom stereocenters. The van der Waals surface area contributed by atoms with Crippen molar-refractivity contribution in [2.45, 2.75) is 45.8 Å². The number of fused-ring (bicyclic) bond motifs is 2. The van der Waals surface area contributed by atoms with Crippen LogP contribution >= 0.6 is 0 Å².